The number of nitrogens with one attached hydrogen (secondary N) is 1. The lowest BCUT2D eigenvalue weighted by Gasteiger charge is -2.27. The van der Waals surface area contributed by atoms with E-state index in [1.54, 1.807) is 24.3 Å². The molecule has 3 rings (SSSR count). The molecule has 0 aliphatic carbocycles. The number of hydrogen-bond donors (Lipinski definition) is 1. The lowest BCUT2D eigenvalue weighted by atomic mass is 10.1. The summed E-state index contributed by atoms with van der Waals surface area (Å²) in [7, 11) is 0. The number of rotatable bonds is 4. The fourth-order valence-electron chi connectivity index (χ4n) is 3.02. The van der Waals surface area contributed by atoms with E-state index in [1.807, 2.05) is 32.9 Å². The molecule has 0 atom stereocenters. The Hall–Kier alpha value is -2.68. The van der Waals surface area contributed by atoms with Crippen LogP contribution in [0.4, 0.5) is 10.5 Å². The summed E-state index contributed by atoms with van der Waals surface area (Å²) < 4.78 is 6.37. The second kappa shape index (κ2) is 8.14. The van der Waals surface area contributed by atoms with Gasteiger partial charge in [0, 0.05) is 0 Å². The molecule has 4 amide bonds. The topological polar surface area (TPSA) is 75.7 Å². The van der Waals surface area contributed by atoms with Crippen LogP contribution in [0.1, 0.15) is 23.6 Å². The summed E-state index contributed by atoms with van der Waals surface area (Å²) in [5.74, 6) is -0.626. The molecule has 1 aliphatic heterocycles. The van der Waals surface area contributed by atoms with Gasteiger partial charge in [-0.05, 0) is 90.4 Å². The van der Waals surface area contributed by atoms with Gasteiger partial charge >= 0.3 is 6.03 Å². The minimum absolute atomic E-state index is 0.0984. The highest BCUT2D eigenvalue weighted by Gasteiger charge is 2.36. The van der Waals surface area contributed by atoms with E-state index in [9.17, 15) is 14.4 Å². The Kier molecular flexibility index (Phi) is 5.83. The van der Waals surface area contributed by atoms with Gasteiger partial charge in [0.2, 0.25) is 0 Å². The van der Waals surface area contributed by atoms with Crippen molar-refractivity contribution >= 4 is 52.2 Å². The van der Waals surface area contributed by atoms with Gasteiger partial charge < -0.3 is 4.74 Å². The Labute approximate surface area is 176 Å². The van der Waals surface area contributed by atoms with Gasteiger partial charge in [-0.3, -0.25) is 14.9 Å². The van der Waals surface area contributed by atoms with Crippen molar-refractivity contribution in [3.05, 3.63) is 62.2 Å². The van der Waals surface area contributed by atoms with Crippen molar-refractivity contribution in [1.82, 2.24) is 5.32 Å². The van der Waals surface area contributed by atoms with Gasteiger partial charge in [-0.15, -0.1) is 0 Å². The lowest BCUT2D eigenvalue weighted by molar-refractivity contribution is -0.122. The molecule has 0 saturated carbocycles. The predicted molar refractivity (Wildman–Crippen MR) is 115 cm³/mol. The van der Waals surface area contributed by atoms with Gasteiger partial charge in [-0.1, -0.05) is 12.1 Å². The third kappa shape index (κ3) is 4.09. The van der Waals surface area contributed by atoms with Crippen LogP contribution in [0.3, 0.4) is 0 Å². The van der Waals surface area contributed by atoms with Crippen LogP contribution in [0.25, 0.3) is 6.08 Å². The smallest absolute Gasteiger partial charge is 0.335 e. The van der Waals surface area contributed by atoms with Crippen molar-refractivity contribution < 1.29 is 19.1 Å². The quantitative estimate of drug-likeness (QED) is 0.400. The number of carbonyl (C=O) groups excluding carboxylic acids is 3. The molecule has 28 heavy (non-hydrogen) atoms. The van der Waals surface area contributed by atoms with E-state index in [2.05, 4.69) is 27.9 Å². The molecule has 6 nitrogen and oxygen atoms in total. The maximum Gasteiger partial charge on any atom is 0.335 e. The molecule has 0 spiro atoms. The highest BCUT2D eigenvalue weighted by atomic mass is 127. The van der Waals surface area contributed by atoms with E-state index >= 15 is 0 Å². The summed E-state index contributed by atoms with van der Waals surface area (Å²) >= 11 is 2.13. The number of imide groups is 2. The SMILES string of the molecule is CCOc1ccc(/C=C2\C(=O)NC(=O)N(c3cc(C)cc(C)c3)C2=O)cc1I. The zero-order chi connectivity index (χ0) is 20.4. The summed E-state index contributed by atoms with van der Waals surface area (Å²) in [6.07, 6.45) is 1.48. The van der Waals surface area contributed by atoms with Crippen LogP contribution in [0.15, 0.2) is 42.0 Å². The zero-order valence-corrected chi connectivity index (χ0v) is 17.9. The van der Waals surface area contributed by atoms with Crippen molar-refractivity contribution in [2.75, 3.05) is 11.5 Å². The molecule has 1 heterocycles. The van der Waals surface area contributed by atoms with Gasteiger partial charge in [-0.25, -0.2) is 9.69 Å². The Morgan fingerprint density at radius 3 is 2.36 bits per heavy atom. The van der Waals surface area contributed by atoms with E-state index in [0.29, 0.717) is 17.9 Å². The number of anilines is 1. The molecule has 0 bridgehead atoms. The molecule has 0 radical (unpaired) electrons. The van der Waals surface area contributed by atoms with Gasteiger partial charge in [-0.2, -0.15) is 0 Å². The first-order chi connectivity index (χ1) is 13.3. The van der Waals surface area contributed by atoms with Crippen LogP contribution in [-0.2, 0) is 9.59 Å². The van der Waals surface area contributed by atoms with Crippen LogP contribution < -0.4 is 15.0 Å². The first-order valence-corrected chi connectivity index (χ1v) is 9.80. The Balaban J connectivity index is 2.00. The standard InChI is InChI=1S/C21H19IN2O4/c1-4-28-18-6-5-14(11-17(18)22)10-16-19(25)23-21(27)24(20(16)26)15-8-12(2)7-13(3)9-15/h5-11H,4H2,1-3H3,(H,23,25,27)/b16-10+. The number of aryl methyl sites for hydroxylation is 2. The number of hydrogen-bond acceptors (Lipinski definition) is 4. The summed E-state index contributed by atoms with van der Waals surface area (Å²) in [4.78, 5) is 38.6. The Morgan fingerprint density at radius 1 is 1.07 bits per heavy atom. The number of ether oxygens (including phenoxy) is 1. The fourth-order valence-corrected chi connectivity index (χ4v) is 3.71. The molecule has 0 aromatic heterocycles. The first-order valence-electron chi connectivity index (χ1n) is 8.72. The van der Waals surface area contributed by atoms with E-state index in [1.165, 1.54) is 6.08 Å². The summed E-state index contributed by atoms with van der Waals surface area (Å²) in [5.41, 5.74) is 2.83. The highest BCUT2D eigenvalue weighted by Crippen LogP contribution is 2.26. The largest absolute Gasteiger partial charge is 0.493 e. The van der Waals surface area contributed by atoms with Crippen LogP contribution in [-0.4, -0.2) is 24.5 Å². The van der Waals surface area contributed by atoms with E-state index in [4.69, 9.17) is 4.74 Å². The number of nitrogens with zero attached hydrogens (tertiary/aromatic N) is 1. The Morgan fingerprint density at radius 2 is 1.75 bits per heavy atom. The highest BCUT2D eigenvalue weighted by molar-refractivity contribution is 14.1. The third-order valence-electron chi connectivity index (χ3n) is 4.13. The third-order valence-corrected chi connectivity index (χ3v) is 4.98. The van der Waals surface area contributed by atoms with Crippen molar-refractivity contribution in [3.63, 3.8) is 0 Å². The normalized spacial score (nSPS) is 15.8. The summed E-state index contributed by atoms with van der Waals surface area (Å²) in [5, 5.41) is 2.25. The number of barbiturate groups is 1. The zero-order valence-electron chi connectivity index (χ0n) is 15.7. The molecule has 1 fully saturated rings. The molecule has 1 aliphatic rings. The summed E-state index contributed by atoms with van der Waals surface area (Å²) in [6, 6.07) is 10.0. The minimum Gasteiger partial charge on any atom is -0.493 e. The van der Waals surface area contributed by atoms with Crippen molar-refractivity contribution in [1.29, 1.82) is 0 Å². The molecular formula is C21H19IN2O4. The number of amides is 4. The van der Waals surface area contributed by atoms with Crippen molar-refractivity contribution in [3.8, 4) is 5.75 Å². The first kappa shape index (κ1) is 20.1. The van der Waals surface area contributed by atoms with E-state index < -0.39 is 17.8 Å². The molecule has 7 heteroatoms. The second-order valence-corrected chi connectivity index (χ2v) is 7.59. The minimum atomic E-state index is -0.751. The van der Waals surface area contributed by atoms with Crippen LogP contribution >= 0.6 is 22.6 Å². The van der Waals surface area contributed by atoms with Gasteiger partial charge in [0.25, 0.3) is 11.8 Å². The van der Waals surface area contributed by atoms with Crippen molar-refractivity contribution in [2.45, 2.75) is 20.8 Å². The average molecular weight is 490 g/mol. The lowest BCUT2D eigenvalue weighted by Crippen LogP contribution is -2.54. The maximum atomic E-state index is 13.0. The number of benzene rings is 2. The van der Waals surface area contributed by atoms with Gasteiger partial charge in [0.05, 0.1) is 15.9 Å². The maximum absolute atomic E-state index is 13.0. The second-order valence-electron chi connectivity index (χ2n) is 6.43. The van der Waals surface area contributed by atoms with Crippen LogP contribution in [0.2, 0.25) is 0 Å². The molecule has 1 N–H and O–H groups in total. The predicted octanol–water partition coefficient (Wildman–Crippen LogP) is 3.97. The van der Waals surface area contributed by atoms with Crippen LogP contribution in [0, 0.1) is 17.4 Å². The number of halogens is 1. The molecule has 1 saturated heterocycles. The average Bonchev–Trinajstić information content (AvgIpc) is 2.60. The molecule has 2 aromatic rings. The molecular weight excluding hydrogens is 471 g/mol. The van der Waals surface area contributed by atoms with Gasteiger partial charge in [0.15, 0.2) is 0 Å². The monoisotopic (exact) mass is 490 g/mol. The van der Waals surface area contributed by atoms with Crippen LogP contribution in [0.5, 0.6) is 5.75 Å². The number of carbonyl (C=O) groups is 3. The molecule has 144 valence electrons. The Bertz CT molecular complexity index is 993. The summed E-state index contributed by atoms with van der Waals surface area (Å²) in [6.45, 7) is 6.21. The van der Waals surface area contributed by atoms with Crippen molar-refractivity contribution in [2.24, 2.45) is 0 Å². The number of urea groups is 1. The molecule has 0 unspecified atom stereocenters. The van der Waals surface area contributed by atoms with Gasteiger partial charge in [0.1, 0.15) is 11.3 Å². The van der Waals surface area contributed by atoms with E-state index in [-0.39, 0.29) is 5.57 Å². The fraction of sp³-hybridized carbons (Fsp3) is 0.190. The molecule has 2 aromatic carbocycles. The van der Waals surface area contributed by atoms with E-state index in [0.717, 1.165) is 25.3 Å².